The molecule has 0 radical (unpaired) electrons. The Bertz CT molecular complexity index is 1410. The molecule has 2 nitrogen and oxygen atoms in total. The lowest BCUT2D eigenvalue weighted by molar-refractivity contribution is 0.470. The van der Waals surface area contributed by atoms with Crippen molar-refractivity contribution in [2.75, 3.05) is 0 Å². The van der Waals surface area contributed by atoms with E-state index < -0.39 is 0 Å². The van der Waals surface area contributed by atoms with E-state index in [0.717, 1.165) is 6.42 Å². The van der Waals surface area contributed by atoms with E-state index >= 15 is 0 Å². The van der Waals surface area contributed by atoms with Crippen molar-refractivity contribution in [2.45, 2.75) is 38.5 Å². The van der Waals surface area contributed by atoms with Gasteiger partial charge in [0.15, 0.2) is 0 Å². The van der Waals surface area contributed by atoms with Crippen molar-refractivity contribution in [1.29, 1.82) is 0 Å². The molecule has 0 saturated carbocycles. The molecule has 32 heavy (non-hydrogen) atoms. The van der Waals surface area contributed by atoms with Crippen LogP contribution in [0.15, 0.2) is 78.9 Å². The third-order valence-corrected chi connectivity index (χ3v) is 7.57. The fourth-order valence-electron chi connectivity index (χ4n) is 5.94. The van der Waals surface area contributed by atoms with Crippen LogP contribution in [0.1, 0.15) is 52.9 Å². The molecule has 0 aliphatic heterocycles. The maximum atomic E-state index is 3.83. The molecule has 1 aliphatic carbocycles. The molecule has 158 valence electrons. The third kappa shape index (κ3) is 2.72. The standard InChI is InChI=1S/C30H28N2/c1-19-23-11-6-8-14-26(23)31-28(19)30(3,18-22-17-16-21-10-4-5-13-25(21)22)29-20(2)24-12-7-9-15-27(24)32-29/h4-17,22,31-32H,18H2,1-3H3. The monoisotopic (exact) mass is 416 g/mol. The number of nitrogens with one attached hydrogen (secondary N) is 2. The Morgan fingerprint density at radius 3 is 1.84 bits per heavy atom. The van der Waals surface area contributed by atoms with E-state index in [1.807, 2.05) is 0 Å². The van der Waals surface area contributed by atoms with Gasteiger partial charge in [-0.15, -0.1) is 0 Å². The first-order valence-electron chi connectivity index (χ1n) is 11.5. The summed E-state index contributed by atoms with van der Waals surface area (Å²) >= 11 is 0. The number of hydrogen-bond donors (Lipinski definition) is 2. The van der Waals surface area contributed by atoms with E-state index in [9.17, 15) is 0 Å². The minimum atomic E-state index is -0.196. The second-order valence-electron chi connectivity index (χ2n) is 9.47. The van der Waals surface area contributed by atoms with Crippen molar-refractivity contribution in [3.05, 3.63) is 113 Å². The van der Waals surface area contributed by atoms with Crippen LogP contribution in [0.4, 0.5) is 0 Å². The fraction of sp³-hybridized carbons (Fsp3) is 0.200. The Morgan fingerprint density at radius 2 is 1.25 bits per heavy atom. The lowest BCUT2D eigenvalue weighted by Gasteiger charge is -2.33. The SMILES string of the molecule is Cc1c(C(C)(CC2C=Cc3ccccc32)c2[nH]c3ccccc3c2C)[nH]c2ccccc12. The number of aryl methyl sites for hydroxylation is 2. The summed E-state index contributed by atoms with van der Waals surface area (Å²) in [7, 11) is 0. The Hall–Kier alpha value is -3.52. The molecule has 0 amide bonds. The lowest BCUT2D eigenvalue weighted by Crippen LogP contribution is -2.28. The van der Waals surface area contributed by atoms with Crippen LogP contribution in [0.3, 0.4) is 0 Å². The average molecular weight is 417 g/mol. The van der Waals surface area contributed by atoms with Crippen LogP contribution >= 0.6 is 0 Å². The predicted octanol–water partition coefficient (Wildman–Crippen LogP) is 7.77. The van der Waals surface area contributed by atoms with Crippen molar-refractivity contribution in [3.8, 4) is 0 Å². The van der Waals surface area contributed by atoms with Gasteiger partial charge in [0, 0.05) is 44.5 Å². The van der Waals surface area contributed by atoms with Crippen LogP contribution in [0.2, 0.25) is 0 Å². The van der Waals surface area contributed by atoms with Crippen LogP contribution < -0.4 is 0 Å². The Balaban J connectivity index is 1.58. The van der Waals surface area contributed by atoms with Crippen molar-refractivity contribution in [1.82, 2.24) is 9.97 Å². The number of aromatic amines is 2. The zero-order valence-electron chi connectivity index (χ0n) is 18.9. The first kappa shape index (κ1) is 19.2. The second kappa shape index (κ2) is 7.00. The van der Waals surface area contributed by atoms with Crippen LogP contribution in [-0.4, -0.2) is 9.97 Å². The van der Waals surface area contributed by atoms with Crippen LogP contribution in [0.25, 0.3) is 27.9 Å². The summed E-state index contributed by atoms with van der Waals surface area (Å²) in [6, 6.07) is 26.1. The first-order valence-corrected chi connectivity index (χ1v) is 11.5. The van der Waals surface area contributed by atoms with Crippen molar-refractivity contribution in [2.24, 2.45) is 0 Å². The summed E-state index contributed by atoms with van der Waals surface area (Å²) < 4.78 is 0. The molecule has 3 aromatic carbocycles. The third-order valence-electron chi connectivity index (χ3n) is 7.57. The van der Waals surface area contributed by atoms with Crippen LogP contribution in [-0.2, 0) is 5.41 Å². The molecule has 0 fully saturated rings. The van der Waals surface area contributed by atoms with E-state index in [1.54, 1.807) is 0 Å². The van der Waals surface area contributed by atoms with Gasteiger partial charge in [-0.1, -0.05) is 72.8 Å². The molecule has 1 atom stereocenters. The summed E-state index contributed by atoms with van der Waals surface area (Å²) in [5.74, 6) is 0.382. The number of para-hydroxylation sites is 2. The molecule has 5 aromatic rings. The zero-order valence-corrected chi connectivity index (χ0v) is 18.9. The van der Waals surface area contributed by atoms with Gasteiger partial charge in [-0.05, 0) is 61.6 Å². The van der Waals surface area contributed by atoms with E-state index in [-0.39, 0.29) is 5.41 Å². The maximum absolute atomic E-state index is 3.83. The summed E-state index contributed by atoms with van der Waals surface area (Å²) in [6.45, 7) is 6.95. The van der Waals surface area contributed by atoms with E-state index in [1.165, 1.54) is 55.4 Å². The molecule has 2 N–H and O–H groups in total. The smallest absolute Gasteiger partial charge is 0.0490 e. The van der Waals surface area contributed by atoms with Gasteiger partial charge in [-0.3, -0.25) is 0 Å². The predicted molar refractivity (Wildman–Crippen MR) is 135 cm³/mol. The summed E-state index contributed by atoms with van der Waals surface area (Å²) in [5.41, 5.74) is 10.3. The fourth-order valence-corrected chi connectivity index (χ4v) is 5.94. The number of benzene rings is 3. The molecule has 0 spiro atoms. The summed E-state index contributed by atoms with van der Waals surface area (Å²) in [6.07, 6.45) is 5.68. The average Bonchev–Trinajstić information content (AvgIpc) is 3.49. The zero-order chi connectivity index (χ0) is 21.9. The molecular formula is C30H28N2. The minimum absolute atomic E-state index is 0.196. The number of fused-ring (bicyclic) bond motifs is 3. The highest BCUT2D eigenvalue weighted by Gasteiger charge is 2.38. The highest BCUT2D eigenvalue weighted by atomic mass is 14.8. The second-order valence-corrected chi connectivity index (χ2v) is 9.47. The highest BCUT2D eigenvalue weighted by Crippen LogP contribution is 2.47. The maximum Gasteiger partial charge on any atom is 0.0490 e. The largest absolute Gasteiger partial charge is 0.357 e. The number of rotatable bonds is 4. The van der Waals surface area contributed by atoms with Crippen molar-refractivity contribution < 1.29 is 0 Å². The molecular weight excluding hydrogens is 388 g/mol. The molecule has 2 aromatic heterocycles. The van der Waals surface area contributed by atoms with E-state index in [0.29, 0.717) is 5.92 Å². The van der Waals surface area contributed by atoms with Gasteiger partial charge in [-0.25, -0.2) is 0 Å². The van der Waals surface area contributed by atoms with E-state index in [4.69, 9.17) is 0 Å². The molecule has 1 aliphatic rings. The van der Waals surface area contributed by atoms with Gasteiger partial charge >= 0.3 is 0 Å². The Morgan fingerprint density at radius 1 is 0.719 bits per heavy atom. The topological polar surface area (TPSA) is 31.6 Å². The number of allylic oxidation sites excluding steroid dienone is 1. The van der Waals surface area contributed by atoms with Gasteiger partial charge in [0.2, 0.25) is 0 Å². The number of H-pyrrole nitrogens is 2. The van der Waals surface area contributed by atoms with Gasteiger partial charge in [0.1, 0.15) is 0 Å². The number of aromatic nitrogens is 2. The highest BCUT2D eigenvalue weighted by molar-refractivity contribution is 5.87. The van der Waals surface area contributed by atoms with Crippen molar-refractivity contribution >= 4 is 27.9 Å². The van der Waals surface area contributed by atoms with Gasteiger partial charge in [0.25, 0.3) is 0 Å². The van der Waals surface area contributed by atoms with Crippen LogP contribution in [0.5, 0.6) is 0 Å². The van der Waals surface area contributed by atoms with Crippen molar-refractivity contribution in [3.63, 3.8) is 0 Å². The van der Waals surface area contributed by atoms with Gasteiger partial charge in [-0.2, -0.15) is 0 Å². The normalized spacial score (nSPS) is 15.7. The molecule has 2 heteroatoms. The molecule has 2 heterocycles. The first-order chi connectivity index (χ1) is 15.6. The molecule has 1 unspecified atom stereocenters. The van der Waals surface area contributed by atoms with E-state index in [2.05, 4.69) is 116 Å². The number of hydrogen-bond acceptors (Lipinski definition) is 0. The molecule has 6 rings (SSSR count). The lowest BCUT2D eigenvalue weighted by atomic mass is 9.72. The van der Waals surface area contributed by atoms with Gasteiger partial charge in [0.05, 0.1) is 0 Å². The summed E-state index contributed by atoms with van der Waals surface area (Å²) in [4.78, 5) is 7.66. The Kier molecular flexibility index (Phi) is 4.19. The quantitative estimate of drug-likeness (QED) is 0.300. The molecule has 0 saturated heterocycles. The van der Waals surface area contributed by atoms with Crippen LogP contribution in [0, 0.1) is 13.8 Å². The Labute approximate surface area is 189 Å². The molecule has 0 bridgehead atoms. The van der Waals surface area contributed by atoms with Gasteiger partial charge < -0.3 is 9.97 Å². The summed E-state index contributed by atoms with van der Waals surface area (Å²) in [5, 5.41) is 2.62. The minimum Gasteiger partial charge on any atom is -0.357 e.